The maximum absolute atomic E-state index is 9.77. The van der Waals surface area contributed by atoms with Gasteiger partial charge < -0.3 is 13.9 Å². The first kappa shape index (κ1) is 19.3. The second-order valence-corrected chi connectivity index (χ2v) is 2.67. The molecule has 0 aliphatic rings. The molecule has 0 bridgehead atoms. The molecule has 13 heavy (non-hydrogen) atoms. The summed E-state index contributed by atoms with van der Waals surface area (Å²) in [4.78, 5) is 9.77. The van der Waals surface area contributed by atoms with Crippen molar-refractivity contribution in [2.75, 3.05) is 0 Å². The predicted molar refractivity (Wildman–Crippen MR) is 46.4 cm³/mol. The van der Waals surface area contributed by atoms with Gasteiger partial charge in [-0.1, -0.05) is 26.2 Å². The fraction of sp³-hybridized carbons (Fsp3) is 0.857. The fourth-order valence-electron chi connectivity index (χ4n) is 0.654. The minimum Gasteiger partial charge on any atom is -0.750 e. The molecule has 0 rings (SSSR count). The molecule has 74 valence electrons. The zero-order valence-electron chi connectivity index (χ0n) is 8.19. The van der Waals surface area contributed by atoms with Crippen LogP contribution in [0.1, 0.15) is 39.0 Å². The van der Waals surface area contributed by atoms with Crippen LogP contribution in [0.15, 0.2) is 0 Å². The van der Waals surface area contributed by atoms with Crippen LogP contribution in [0.2, 0.25) is 0 Å². The van der Waals surface area contributed by atoms with Gasteiger partial charge in [0.2, 0.25) is 0 Å². The summed E-state index contributed by atoms with van der Waals surface area (Å²) in [5.41, 5.74) is 0. The Labute approximate surface area is 104 Å². The third-order valence-corrected chi connectivity index (χ3v) is 1.18. The topological polar surface area (TPSA) is 77.4 Å². The van der Waals surface area contributed by atoms with E-state index in [1.165, 1.54) is 19.3 Å². The molecule has 0 radical (unpaired) electrons. The average Bonchev–Trinajstić information content (AvgIpc) is 1.97. The second kappa shape index (κ2) is 18.5. The van der Waals surface area contributed by atoms with Gasteiger partial charge in [0.1, 0.15) is 6.29 Å². The van der Waals surface area contributed by atoms with Gasteiger partial charge in [-0.2, -0.15) is 0 Å². The van der Waals surface area contributed by atoms with Gasteiger partial charge in [-0.3, -0.25) is 0 Å². The number of aldehydes is 1. The van der Waals surface area contributed by atoms with E-state index in [-0.39, 0.29) is 29.6 Å². The standard InChI is InChI=1S/C7H14O.Na.H2O3S/c1-2-3-4-5-6-7-8;;1-4(2)3/h7H,2-6H2,1H3;;(H2,1,2,3)/q;+1;/p-1. The van der Waals surface area contributed by atoms with Crippen LogP contribution in [0.3, 0.4) is 0 Å². The molecular weight excluding hydrogens is 203 g/mol. The Balaban J connectivity index is -0.000000173. The largest absolute Gasteiger partial charge is 1.00 e. The van der Waals surface area contributed by atoms with Crippen molar-refractivity contribution in [2.45, 2.75) is 39.0 Å². The Morgan fingerprint density at radius 2 is 1.85 bits per heavy atom. The van der Waals surface area contributed by atoms with E-state index in [1.807, 2.05) is 0 Å². The number of rotatable bonds is 5. The molecule has 0 aromatic rings. The molecule has 0 aliphatic carbocycles. The Morgan fingerprint density at radius 1 is 1.38 bits per heavy atom. The quantitative estimate of drug-likeness (QED) is 0.264. The van der Waals surface area contributed by atoms with E-state index in [2.05, 4.69) is 6.92 Å². The van der Waals surface area contributed by atoms with Crippen molar-refractivity contribution in [2.24, 2.45) is 0 Å². The Bertz CT molecular complexity index is 117. The molecule has 0 aromatic carbocycles. The predicted octanol–water partition coefficient (Wildman–Crippen LogP) is -1.50. The van der Waals surface area contributed by atoms with E-state index in [9.17, 15) is 4.79 Å². The van der Waals surface area contributed by atoms with Crippen LogP contribution in [0.25, 0.3) is 0 Å². The van der Waals surface area contributed by atoms with Gasteiger partial charge in [-0.25, -0.2) is 4.21 Å². The van der Waals surface area contributed by atoms with E-state index in [0.29, 0.717) is 0 Å². The molecule has 0 amide bonds. The molecule has 0 saturated heterocycles. The molecule has 1 atom stereocenters. The van der Waals surface area contributed by atoms with Crippen LogP contribution in [0, 0.1) is 0 Å². The summed E-state index contributed by atoms with van der Waals surface area (Å²) in [5.74, 6) is 0. The zero-order chi connectivity index (χ0) is 9.82. The molecule has 0 heterocycles. The van der Waals surface area contributed by atoms with Gasteiger partial charge in [0.15, 0.2) is 0 Å². The summed E-state index contributed by atoms with van der Waals surface area (Å²) in [6.07, 6.45) is 6.56. The van der Waals surface area contributed by atoms with E-state index in [1.54, 1.807) is 0 Å². The van der Waals surface area contributed by atoms with Crippen molar-refractivity contribution >= 4 is 17.6 Å². The second-order valence-electron chi connectivity index (χ2n) is 2.23. The normalized spacial score (nSPS) is 10.4. The first-order chi connectivity index (χ1) is 5.65. The van der Waals surface area contributed by atoms with Crippen LogP contribution in [0.5, 0.6) is 0 Å². The van der Waals surface area contributed by atoms with E-state index in [0.717, 1.165) is 19.1 Å². The minimum absolute atomic E-state index is 0. The SMILES string of the molecule is CCCCCCC=O.O=S([O-])O.[Na+]. The third-order valence-electron chi connectivity index (χ3n) is 1.18. The summed E-state index contributed by atoms with van der Waals surface area (Å²) >= 11 is -2.86. The number of hydrogen-bond donors (Lipinski definition) is 1. The third kappa shape index (κ3) is 44.6. The van der Waals surface area contributed by atoms with Gasteiger partial charge in [-0.05, 0) is 6.42 Å². The number of carbonyl (C=O) groups excluding carboxylic acids is 1. The van der Waals surface area contributed by atoms with Crippen LogP contribution in [-0.4, -0.2) is 19.6 Å². The number of carbonyl (C=O) groups is 1. The monoisotopic (exact) mass is 218 g/mol. The Hall–Kier alpha value is 0.740. The van der Waals surface area contributed by atoms with Crippen molar-refractivity contribution in [3.05, 3.63) is 0 Å². The van der Waals surface area contributed by atoms with Crippen molar-refractivity contribution in [1.82, 2.24) is 0 Å². The van der Waals surface area contributed by atoms with Crippen LogP contribution in [-0.2, 0) is 16.2 Å². The van der Waals surface area contributed by atoms with E-state index < -0.39 is 11.4 Å². The molecule has 0 aromatic heterocycles. The Kier molecular flexibility index (Phi) is 27.5. The Morgan fingerprint density at radius 3 is 2.15 bits per heavy atom. The van der Waals surface area contributed by atoms with Crippen molar-refractivity contribution in [3.8, 4) is 0 Å². The molecule has 0 saturated carbocycles. The van der Waals surface area contributed by atoms with E-state index in [4.69, 9.17) is 13.3 Å². The van der Waals surface area contributed by atoms with Gasteiger partial charge in [0.05, 0.1) is 11.4 Å². The molecule has 0 aliphatic heterocycles. The summed E-state index contributed by atoms with van der Waals surface area (Å²) in [5, 5.41) is 0. The van der Waals surface area contributed by atoms with E-state index >= 15 is 0 Å². The molecule has 1 unspecified atom stereocenters. The van der Waals surface area contributed by atoms with Gasteiger partial charge in [0.25, 0.3) is 0 Å². The summed E-state index contributed by atoms with van der Waals surface area (Å²) in [6, 6.07) is 0. The fourth-order valence-corrected chi connectivity index (χ4v) is 0.654. The summed E-state index contributed by atoms with van der Waals surface area (Å²) in [6.45, 7) is 2.17. The molecular formula is C7H15NaO4S. The molecule has 4 nitrogen and oxygen atoms in total. The van der Waals surface area contributed by atoms with Gasteiger partial charge in [0, 0.05) is 6.42 Å². The van der Waals surface area contributed by atoms with Crippen LogP contribution < -0.4 is 29.6 Å². The van der Waals surface area contributed by atoms with Crippen molar-refractivity contribution < 1.29 is 47.7 Å². The smallest absolute Gasteiger partial charge is 0.750 e. The summed E-state index contributed by atoms with van der Waals surface area (Å²) < 4.78 is 24.1. The van der Waals surface area contributed by atoms with Crippen molar-refractivity contribution in [3.63, 3.8) is 0 Å². The zero-order valence-corrected chi connectivity index (χ0v) is 11.0. The van der Waals surface area contributed by atoms with Crippen LogP contribution in [0.4, 0.5) is 0 Å². The first-order valence-electron chi connectivity index (χ1n) is 3.87. The maximum atomic E-state index is 9.77. The summed E-state index contributed by atoms with van der Waals surface area (Å²) in [7, 11) is 0. The molecule has 1 N–H and O–H groups in total. The van der Waals surface area contributed by atoms with Gasteiger partial charge >= 0.3 is 29.6 Å². The van der Waals surface area contributed by atoms with Crippen molar-refractivity contribution in [1.29, 1.82) is 0 Å². The van der Waals surface area contributed by atoms with Crippen LogP contribution >= 0.6 is 0 Å². The minimum atomic E-state index is -2.86. The average molecular weight is 218 g/mol. The molecule has 6 heteroatoms. The molecule has 0 spiro atoms. The first-order valence-corrected chi connectivity index (χ1v) is 4.90. The number of hydrogen-bond acceptors (Lipinski definition) is 3. The maximum Gasteiger partial charge on any atom is 1.00 e. The molecule has 0 fully saturated rings. The van der Waals surface area contributed by atoms with Gasteiger partial charge in [-0.15, -0.1) is 0 Å². The number of unbranched alkanes of at least 4 members (excludes halogenated alkanes) is 4.